The summed E-state index contributed by atoms with van der Waals surface area (Å²) in [5.74, 6) is -2.73. The molecule has 0 radical (unpaired) electrons. The summed E-state index contributed by atoms with van der Waals surface area (Å²) < 4.78 is 0. The first-order valence-electron chi connectivity index (χ1n) is 6.52. The SMILES string of the molecule is O=C(O)c1cc(Cl)cc(Cl)c1N1C(=O)C2CCCC2C1=O. The smallest absolute Gasteiger partial charge is 0.337 e. The first-order chi connectivity index (χ1) is 9.91. The number of nitrogens with zero attached hydrogens (tertiary/aromatic N) is 1. The molecule has 2 amide bonds. The van der Waals surface area contributed by atoms with Gasteiger partial charge in [-0.15, -0.1) is 0 Å². The van der Waals surface area contributed by atoms with Crippen LogP contribution >= 0.6 is 23.2 Å². The fourth-order valence-corrected chi connectivity index (χ4v) is 3.75. The van der Waals surface area contributed by atoms with Crippen LogP contribution in [-0.2, 0) is 9.59 Å². The lowest BCUT2D eigenvalue weighted by atomic mass is 10.00. The van der Waals surface area contributed by atoms with Gasteiger partial charge in [0.25, 0.3) is 0 Å². The number of halogens is 2. The van der Waals surface area contributed by atoms with Crippen LogP contribution in [0.25, 0.3) is 0 Å². The first kappa shape index (κ1) is 14.4. The largest absolute Gasteiger partial charge is 0.478 e. The number of hydrogen-bond donors (Lipinski definition) is 1. The van der Waals surface area contributed by atoms with Crippen molar-refractivity contribution >= 4 is 46.7 Å². The van der Waals surface area contributed by atoms with E-state index in [0.29, 0.717) is 12.8 Å². The number of carbonyl (C=O) groups is 3. The number of anilines is 1. The van der Waals surface area contributed by atoms with Crippen LogP contribution in [0, 0.1) is 11.8 Å². The normalized spacial score (nSPS) is 24.6. The number of carbonyl (C=O) groups excluding carboxylic acids is 2. The number of carboxylic acids is 1. The molecule has 2 unspecified atom stereocenters. The third kappa shape index (κ3) is 2.12. The molecule has 21 heavy (non-hydrogen) atoms. The number of fused-ring (bicyclic) bond motifs is 1. The van der Waals surface area contributed by atoms with Crippen LogP contribution < -0.4 is 4.90 Å². The Morgan fingerprint density at radius 3 is 2.24 bits per heavy atom. The Hall–Kier alpha value is -1.59. The van der Waals surface area contributed by atoms with Gasteiger partial charge in [-0.2, -0.15) is 0 Å². The first-order valence-corrected chi connectivity index (χ1v) is 7.27. The van der Waals surface area contributed by atoms with Crippen LogP contribution in [-0.4, -0.2) is 22.9 Å². The van der Waals surface area contributed by atoms with Gasteiger partial charge < -0.3 is 5.11 Å². The zero-order valence-corrected chi connectivity index (χ0v) is 12.3. The molecule has 2 aliphatic rings. The van der Waals surface area contributed by atoms with Crippen molar-refractivity contribution in [1.82, 2.24) is 0 Å². The zero-order chi connectivity index (χ0) is 15.3. The third-order valence-corrected chi connectivity index (χ3v) is 4.58. The maximum absolute atomic E-state index is 12.4. The fourth-order valence-electron chi connectivity index (χ4n) is 3.17. The summed E-state index contributed by atoms with van der Waals surface area (Å²) >= 11 is 11.9. The lowest BCUT2D eigenvalue weighted by molar-refractivity contribution is -0.122. The number of rotatable bonds is 2. The van der Waals surface area contributed by atoms with E-state index < -0.39 is 5.97 Å². The second-order valence-electron chi connectivity index (χ2n) is 5.24. The minimum Gasteiger partial charge on any atom is -0.478 e. The number of carboxylic acid groups (broad SMARTS) is 1. The average molecular weight is 328 g/mol. The van der Waals surface area contributed by atoms with E-state index in [4.69, 9.17) is 23.2 Å². The monoisotopic (exact) mass is 327 g/mol. The van der Waals surface area contributed by atoms with Crippen molar-refractivity contribution in [3.63, 3.8) is 0 Å². The molecule has 0 aromatic heterocycles. The van der Waals surface area contributed by atoms with Crippen LogP contribution in [0.4, 0.5) is 5.69 Å². The Morgan fingerprint density at radius 2 is 1.71 bits per heavy atom. The van der Waals surface area contributed by atoms with Crippen molar-refractivity contribution in [2.45, 2.75) is 19.3 Å². The van der Waals surface area contributed by atoms with E-state index in [0.717, 1.165) is 11.3 Å². The molecule has 7 heteroatoms. The number of imide groups is 1. The van der Waals surface area contributed by atoms with E-state index in [1.54, 1.807) is 0 Å². The summed E-state index contributed by atoms with van der Waals surface area (Å²) in [5, 5.41) is 9.41. The van der Waals surface area contributed by atoms with Gasteiger partial charge in [-0.25, -0.2) is 9.69 Å². The summed E-state index contributed by atoms with van der Waals surface area (Å²) in [6.45, 7) is 0. The van der Waals surface area contributed by atoms with E-state index in [2.05, 4.69) is 0 Å². The molecule has 0 spiro atoms. The van der Waals surface area contributed by atoms with Gasteiger partial charge in [0, 0.05) is 5.02 Å². The molecular formula is C14H11Cl2NO4. The van der Waals surface area contributed by atoms with Gasteiger partial charge in [-0.1, -0.05) is 29.6 Å². The molecule has 3 rings (SSSR count). The van der Waals surface area contributed by atoms with Gasteiger partial charge in [-0.3, -0.25) is 9.59 Å². The molecule has 1 aromatic carbocycles. The highest BCUT2D eigenvalue weighted by molar-refractivity contribution is 6.39. The van der Waals surface area contributed by atoms with Gasteiger partial charge in [0.2, 0.25) is 11.8 Å². The highest BCUT2D eigenvalue weighted by atomic mass is 35.5. The Kier molecular flexibility index (Phi) is 3.42. The summed E-state index contributed by atoms with van der Waals surface area (Å²) in [5.41, 5.74) is -0.313. The second kappa shape index (κ2) is 5.00. The number of hydrogen-bond acceptors (Lipinski definition) is 3. The quantitative estimate of drug-likeness (QED) is 0.847. The standard InChI is InChI=1S/C14H11Cl2NO4/c15-6-4-9(14(20)21)11(10(16)5-6)17-12(18)7-2-1-3-8(7)13(17)19/h4-5,7-8H,1-3H2,(H,20,21). The van der Waals surface area contributed by atoms with Crippen molar-refractivity contribution in [3.05, 3.63) is 27.7 Å². The molecule has 2 atom stereocenters. The van der Waals surface area contributed by atoms with Crippen molar-refractivity contribution in [2.24, 2.45) is 11.8 Å². The van der Waals surface area contributed by atoms with Crippen LogP contribution in [0.15, 0.2) is 12.1 Å². The highest BCUT2D eigenvalue weighted by Crippen LogP contribution is 2.44. The zero-order valence-electron chi connectivity index (χ0n) is 10.8. The molecule has 110 valence electrons. The molecule has 1 aliphatic carbocycles. The summed E-state index contributed by atoms with van der Waals surface area (Å²) in [4.78, 5) is 37.2. The Bertz CT molecular complexity index is 651. The van der Waals surface area contributed by atoms with Crippen molar-refractivity contribution in [1.29, 1.82) is 0 Å². The lowest BCUT2D eigenvalue weighted by Gasteiger charge is -2.19. The fraction of sp³-hybridized carbons (Fsp3) is 0.357. The molecule has 5 nitrogen and oxygen atoms in total. The van der Waals surface area contributed by atoms with Crippen molar-refractivity contribution < 1.29 is 19.5 Å². The number of benzene rings is 1. The molecule has 1 N–H and O–H groups in total. The van der Waals surface area contributed by atoms with Gasteiger partial charge >= 0.3 is 5.97 Å². The van der Waals surface area contributed by atoms with Gasteiger partial charge in [0.1, 0.15) is 0 Å². The Labute approximate surface area is 130 Å². The maximum atomic E-state index is 12.4. The van der Waals surface area contributed by atoms with Crippen LogP contribution in [0.1, 0.15) is 29.6 Å². The van der Waals surface area contributed by atoms with E-state index in [9.17, 15) is 19.5 Å². The van der Waals surface area contributed by atoms with E-state index in [-0.39, 0.29) is 44.9 Å². The Morgan fingerprint density at radius 1 is 1.14 bits per heavy atom. The third-order valence-electron chi connectivity index (χ3n) is 4.07. The van der Waals surface area contributed by atoms with Crippen LogP contribution in [0.5, 0.6) is 0 Å². The molecule has 1 aromatic rings. The van der Waals surface area contributed by atoms with E-state index >= 15 is 0 Å². The minimum absolute atomic E-state index is 0.0124. The molecular weight excluding hydrogens is 317 g/mol. The predicted molar refractivity (Wildman–Crippen MR) is 76.7 cm³/mol. The maximum Gasteiger partial charge on any atom is 0.337 e. The van der Waals surface area contributed by atoms with Gasteiger partial charge in [0.15, 0.2) is 0 Å². The summed E-state index contributed by atoms with van der Waals surface area (Å²) in [7, 11) is 0. The molecule has 1 aliphatic heterocycles. The van der Waals surface area contributed by atoms with Crippen LogP contribution in [0.3, 0.4) is 0 Å². The van der Waals surface area contributed by atoms with Gasteiger partial charge in [-0.05, 0) is 25.0 Å². The average Bonchev–Trinajstić information content (AvgIpc) is 2.96. The predicted octanol–water partition coefficient (Wildman–Crippen LogP) is 2.98. The number of aromatic carboxylic acids is 1. The van der Waals surface area contributed by atoms with Gasteiger partial charge in [0.05, 0.1) is 28.1 Å². The molecule has 1 saturated heterocycles. The minimum atomic E-state index is -1.29. The molecule has 1 saturated carbocycles. The second-order valence-corrected chi connectivity index (χ2v) is 6.09. The van der Waals surface area contributed by atoms with E-state index in [1.807, 2.05) is 0 Å². The summed E-state index contributed by atoms with van der Waals surface area (Å²) in [6, 6.07) is 2.53. The lowest BCUT2D eigenvalue weighted by Crippen LogP contribution is -2.33. The number of amides is 2. The summed E-state index contributed by atoms with van der Waals surface area (Å²) in [6.07, 6.45) is 2.14. The van der Waals surface area contributed by atoms with E-state index in [1.165, 1.54) is 12.1 Å². The topological polar surface area (TPSA) is 74.7 Å². The van der Waals surface area contributed by atoms with Crippen LogP contribution in [0.2, 0.25) is 10.0 Å². The highest BCUT2D eigenvalue weighted by Gasteiger charge is 2.51. The van der Waals surface area contributed by atoms with Crippen molar-refractivity contribution in [2.75, 3.05) is 4.90 Å². The van der Waals surface area contributed by atoms with Crippen molar-refractivity contribution in [3.8, 4) is 0 Å². The molecule has 2 fully saturated rings. The Balaban J connectivity index is 2.15. The molecule has 0 bridgehead atoms. The molecule has 1 heterocycles.